The second kappa shape index (κ2) is 9.30. The van der Waals surface area contributed by atoms with Crippen LogP contribution in [-0.2, 0) is 16.7 Å². The number of aryl methyl sites for hydroxylation is 1. The lowest BCUT2D eigenvalue weighted by molar-refractivity contribution is 0.0987. The lowest BCUT2D eigenvalue weighted by Crippen LogP contribution is -2.29. The summed E-state index contributed by atoms with van der Waals surface area (Å²) in [7, 11) is 1.60. The van der Waals surface area contributed by atoms with Crippen molar-refractivity contribution in [1.29, 1.82) is 0 Å². The van der Waals surface area contributed by atoms with Gasteiger partial charge in [-0.25, -0.2) is 9.97 Å². The molecule has 9 heteroatoms. The van der Waals surface area contributed by atoms with Gasteiger partial charge in [-0.1, -0.05) is 11.8 Å². The predicted octanol–water partition coefficient (Wildman–Crippen LogP) is 3.65. The molecule has 0 fully saturated rings. The van der Waals surface area contributed by atoms with Gasteiger partial charge in [0.1, 0.15) is 23.6 Å². The molecule has 3 heterocycles. The number of nitrogens with two attached hydrogens (primary N) is 1. The van der Waals surface area contributed by atoms with E-state index in [0.29, 0.717) is 24.3 Å². The van der Waals surface area contributed by atoms with Gasteiger partial charge >= 0.3 is 0 Å². The molecule has 0 amide bonds. The summed E-state index contributed by atoms with van der Waals surface area (Å²) in [4.78, 5) is 26.0. The van der Waals surface area contributed by atoms with Gasteiger partial charge in [-0.2, -0.15) is 0 Å². The maximum absolute atomic E-state index is 12.9. The number of carbonyl (C=O) groups is 1. The van der Waals surface area contributed by atoms with Gasteiger partial charge in [0.15, 0.2) is 11.0 Å². The molecule has 1 atom stereocenters. The van der Waals surface area contributed by atoms with Gasteiger partial charge in [-0.15, -0.1) is 0 Å². The van der Waals surface area contributed by atoms with Gasteiger partial charge in [0, 0.05) is 30.2 Å². The molecular weight excluding hydrogens is 428 g/mol. The first kappa shape index (κ1) is 22.3. The van der Waals surface area contributed by atoms with Crippen LogP contribution in [0.3, 0.4) is 0 Å². The van der Waals surface area contributed by atoms with Crippen LogP contribution in [-0.4, -0.2) is 47.0 Å². The number of Topliss-reactive ketones (excluding diaryl/α,β-unsaturated/α-hetero) is 1. The molecule has 0 saturated heterocycles. The zero-order valence-corrected chi connectivity index (χ0v) is 19.2. The van der Waals surface area contributed by atoms with Crippen molar-refractivity contribution in [1.82, 2.24) is 9.97 Å². The van der Waals surface area contributed by atoms with Crippen molar-refractivity contribution in [3.8, 4) is 5.88 Å². The minimum Gasteiger partial charge on any atom is -0.474 e. The molecule has 2 aromatic heterocycles. The molecule has 8 nitrogen and oxygen atoms in total. The van der Waals surface area contributed by atoms with Gasteiger partial charge < -0.3 is 19.6 Å². The smallest absolute Gasteiger partial charge is 0.232 e. The highest BCUT2D eigenvalue weighted by Crippen LogP contribution is 2.40. The number of ketones is 1. The average Bonchev–Trinajstić information content (AvgIpc) is 3.13. The van der Waals surface area contributed by atoms with Gasteiger partial charge in [-0.05, 0) is 44.0 Å². The number of thioether (sulfide) groups is 1. The first-order valence-electron chi connectivity index (χ1n) is 10.4. The minimum atomic E-state index is -0.502. The molecule has 1 aromatic carbocycles. The third-order valence-electron chi connectivity index (χ3n) is 5.39. The van der Waals surface area contributed by atoms with Crippen molar-refractivity contribution in [2.75, 3.05) is 26.1 Å². The summed E-state index contributed by atoms with van der Waals surface area (Å²) in [5, 5.41) is 1.52. The number of nitrogens with zero attached hydrogens (tertiary/aromatic N) is 3. The number of carbonyl (C=O) groups excluding carboxylic acids is 1. The number of hydrogen-bond donors (Lipinski definition) is 1. The number of ether oxygens (including phenoxy) is 2. The predicted molar refractivity (Wildman–Crippen MR) is 124 cm³/mol. The molecule has 0 spiro atoms. The molecule has 0 unspecified atom stereocenters. The van der Waals surface area contributed by atoms with Crippen molar-refractivity contribution < 1.29 is 18.7 Å². The summed E-state index contributed by atoms with van der Waals surface area (Å²) in [6.45, 7) is 4.80. The van der Waals surface area contributed by atoms with Crippen LogP contribution >= 0.6 is 11.8 Å². The number of furan rings is 1. The van der Waals surface area contributed by atoms with E-state index in [2.05, 4.69) is 16.9 Å². The molecule has 1 aliphatic rings. The first-order chi connectivity index (χ1) is 15.4. The Kier molecular flexibility index (Phi) is 6.48. The Hall–Kier alpha value is -2.91. The summed E-state index contributed by atoms with van der Waals surface area (Å²) < 4.78 is 16.4. The topological polar surface area (TPSA) is 113 Å². The van der Waals surface area contributed by atoms with Gasteiger partial charge in [0.25, 0.3) is 0 Å². The monoisotopic (exact) mass is 454 g/mol. The summed E-state index contributed by atoms with van der Waals surface area (Å²) in [6, 6.07) is 5.97. The second-order valence-electron chi connectivity index (χ2n) is 7.92. The maximum atomic E-state index is 12.9. The summed E-state index contributed by atoms with van der Waals surface area (Å²) in [5.41, 5.74) is 8.43. The van der Waals surface area contributed by atoms with Crippen molar-refractivity contribution in [2.24, 2.45) is 10.7 Å². The van der Waals surface area contributed by atoms with E-state index < -0.39 is 5.54 Å². The zero-order chi connectivity index (χ0) is 22.7. The fourth-order valence-corrected chi connectivity index (χ4v) is 4.74. The van der Waals surface area contributed by atoms with E-state index in [1.807, 2.05) is 25.1 Å². The SMILES string of the molecule is COCCOc1cnc(C(=O)Cc2cc([C@]3(C)CCSC(N)=N3)c3oc(C)cc3c2)cn1. The summed E-state index contributed by atoms with van der Waals surface area (Å²) >= 11 is 1.56. The number of hydrogen-bond acceptors (Lipinski definition) is 9. The maximum Gasteiger partial charge on any atom is 0.232 e. The molecule has 32 heavy (non-hydrogen) atoms. The van der Waals surface area contributed by atoms with Crippen molar-refractivity contribution in [3.05, 3.63) is 53.2 Å². The van der Waals surface area contributed by atoms with Crippen LogP contribution in [0.25, 0.3) is 11.0 Å². The number of aliphatic imine (C=N–C) groups is 1. The van der Waals surface area contributed by atoms with Crippen molar-refractivity contribution in [3.63, 3.8) is 0 Å². The number of aromatic nitrogens is 2. The van der Waals surface area contributed by atoms with Gasteiger partial charge in [-0.3, -0.25) is 9.79 Å². The highest BCUT2D eigenvalue weighted by molar-refractivity contribution is 8.13. The number of methoxy groups -OCH3 is 1. The highest BCUT2D eigenvalue weighted by Gasteiger charge is 2.33. The third-order valence-corrected chi connectivity index (χ3v) is 6.19. The standard InChI is InChI=1S/C23H26N4O4S/c1-14-8-16-9-15(10-17(21(16)31-14)23(2)4-7-32-22(24)27-23)11-19(28)18-12-26-20(13-25-18)30-6-5-29-3/h8-10,12-13H,4-7,11H2,1-3H3,(H2,24,27)/t23-/m0/s1. The first-order valence-corrected chi connectivity index (χ1v) is 11.4. The van der Waals surface area contributed by atoms with E-state index in [4.69, 9.17) is 24.6 Å². The Morgan fingerprint density at radius 3 is 2.81 bits per heavy atom. The van der Waals surface area contributed by atoms with Crippen LogP contribution in [0, 0.1) is 6.92 Å². The molecule has 0 aliphatic carbocycles. The fourth-order valence-electron chi connectivity index (χ4n) is 3.77. The van der Waals surface area contributed by atoms with Gasteiger partial charge in [0.2, 0.25) is 5.88 Å². The third kappa shape index (κ3) is 4.78. The molecule has 3 aromatic rings. The van der Waals surface area contributed by atoms with Gasteiger partial charge in [0.05, 0.1) is 24.5 Å². The van der Waals surface area contributed by atoms with Crippen LogP contribution in [0.2, 0.25) is 0 Å². The molecule has 2 N–H and O–H groups in total. The number of benzene rings is 1. The molecule has 4 rings (SSSR count). The largest absolute Gasteiger partial charge is 0.474 e. The van der Waals surface area contributed by atoms with Crippen LogP contribution in [0.1, 0.15) is 40.7 Å². The highest BCUT2D eigenvalue weighted by atomic mass is 32.2. The van der Waals surface area contributed by atoms with Crippen LogP contribution in [0.4, 0.5) is 0 Å². The summed E-state index contributed by atoms with van der Waals surface area (Å²) in [6.07, 6.45) is 3.92. The average molecular weight is 455 g/mol. The fraction of sp³-hybridized carbons (Fsp3) is 0.391. The lowest BCUT2D eigenvalue weighted by Gasteiger charge is -2.30. The second-order valence-corrected chi connectivity index (χ2v) is 9.04. The van der Waals surface area contributed by atoms with Crippen molar-refractivity contribution in [2.45, 2.75) is 32.2 Å². The molecule has 0 bridgehead atoms. The zero-order valence-electron chi connectivity index (χ0n) is 18.4. The Morgan fingerprint density at radius 2 is 2.09 bits per heavy atom. The molecule has 0 saturated carbocycles. The van der Waals surface area contributed by atoms with E-state index in [-0.39, 0.29) is 17.9 Å². The lowest BCUT2D eigenvalue weighted by atomic mass is 9.86. The molecule has 1 aliphatic heterocycles. The Labute approximate surface area is 190 Å². The normalized spacial score (nSPS) is 18.5. The summed E-state index contributed by atoms with van der Waals surface area (Å²) in [5.74, 6) is 1.92. The number of fused-ring (bicyclic) bond motifs is 1. The van der Waals surface area contributed by atoms with E-state index in [1.165, 1.54) is 12.4 Å². The number of amidine groups is 1. The number of rotatable bonds is 8. The van der Waals surface area contributed by atoms with E-state index in [1.54, 1.807) is 18.9 Å². The van der Waals surface area contributed by atoms with E-state index in [9.17, 15) is 4.79 Å². The Morgan fingerprint density at radius 1 is 1.25 bits per heavy atom. The minimum absolute atomic E-state index is 0.126. The van der Waals surface area contributed by atoms with Crippen LogP contribution < -0.4 is 10.5 Å². The molecular formula is C23H26N4O4S. The van der Waals surface area contributed by atoms with Crippen LogP contribution in [0.5, 0.6) is 5.88 Å². The quantitative estimate of drug-likeness (QED) is 0.405. The van der Waals surface area contributed by atoms with Crippen molar-refractivity contribution >= 4 is 33.7 Å². The molecule has 0 radical (unpaired) electrons. The van der Waals surface area contributed by atoms with E-state index >= 15 is 0 Å². The van der Waals surface area contributed by atoms with E-state index in [0.717, 1.165) is 40.0 Å². The Bertz CT molecular complexity index is 1160. The molecule has 168 valence electrons. The van der Waals surface area contributed by atoms with Crippen LogP contribution in [0.15, 0.2) is 40.0 Å². The Balaban J connectivity index is 1.61.